The molecular weight excluding hydrogens is 907 g/mol. The van der Waals surface area contributed by atoms with E-state index in [1.54, 1.807) is 42.5 Å². The molecule has 1 aromatic heterocycles. The second kappa shape index (κ2) is 23.5. The van der Waals surface area contributed by atoms with Gasteiger partial charge < -0.3 is 10.7 Å². The molecule has 6 nitrogen and oxygen atoms in total. The fourth-order valence-electron chi connectivity index (χ4n) is 5.37. The van der Waals surface area contributed by atoms with Gasteiger partial charge in [-0.2, -0.15) is 5.26 Å². The van der Waals surface area contributed by atoms with Crippen molar-refractivity contribution in [2.24, 2.45) is 5.73 Å². The lowest BCUT2D eigenvalue weighted by Crippen LogP contribution is -2.12. The molecule has 0 aliphatic carbocycles. The van der Waals surface area contributed by atoms with Crippen molar-refractivity contribution < 1.29 is 4.79 Å². The standard InChI is InChI=1S/C18H16Cl2N2.C10H11BrO.C8H8Cl2N2.C8H5Cl2N/c1-11-3-6-15(12(2)7-11)17-10-21-18(22-17)8-13-4-5-14(19)9-16(13)20;1-7-3-4-9(8(2)5-7)10(12)6-11;9-6-2-1-5(3-8(11)12)7(10)4-6;9-7-2-1-6(3-4-11)8(10)5-7/h3-7,9-10H,8H2,1-2H3,(H,21,22);3-5H,6H2,1-2H3;1-2,4H,3H2,(H3,11,12);1-2,5H,3H2. The van der Waals surface area contributed by atoms with Crippen LogP contribution in [0.25, 0.3) is 11.3 Å². The van der Waals surface area contributed by atoms with E-state index in [0.717, 1.165) is 39.3 Å². The number of nitrogens with zero attached hydrogens (tertiary/aromatic N) is 2. The number of hydrogen-bond acceptors (Lipinski definition) is 4. The Kier molecular flexibility index (Phi) is 19.6. The summed E-state index contributed by atoms with van der Waals surface area (Å²) in [5.74, 6) is 1.13. The number of carbonyl (C=O) groups is 1. The van der Waals surface area contributed by atoms with Gasteiger partial charge in [0.15, 0.2) is 5.78 Å². The van der Waals surface area contributed by atoms with Crippen LogP contribution in [0.4, 0.5) is 0 Å². The zero-order chi connectivity index (χ0) is 42.2. The molecule has 0 bridgehead atoms. The summed E-state index contributed by atoms with van der Waals surface area (Å²) in [5.41, 5.74) is 15.6. The molecule has 4 N–H and O–H groups in total. The maximum Gasteiger partial charge on any atom is 0.173 e. The summed E-state index contributed by atoms with van der Waals surface area (Å²) in [5, 5.41) is 19.4. The van der Waals surface area contributed by atoms with Crippen molar-refractivity contribution in [1.82, 2.24) is 9.97 Å². The summed E-state index contributed by atoms with van der Waals surface area (Å²) < 4.78 is 0. The quantitative estimate of drug-likeness (QED) is 0.0609. The highest BCUT2D eigenvalue weighted by Crippen LogP contribution is 2.26. The van der Waals surface area contributed by atoms with Gasteiger partial charge >= 0.3 is 0 Å². The van der Waals surface area contributed by atoms with Crippen LogP contribution in [0.3, 0.4) is 0 Å². The number of benzene rings is 5. The van der Waals surface area contributed by atoms with Gasteiger partial charge in [0.2, 0.25) is 0 Å². The number of amidine groups is 1. The minimum atomic E-state index is 0.0965. The number of nitrogens with two attached hydrogens (primary N) is 1. The summed E-state index contributed by atoms with van der Waals surface area (Å²) in [7, 11) is 0. The van der Waals surface area contributed by atoms with Crippen molar-refractivity contribution in [2.45, 2.75) is 47.0 Å². The van der Waals surface area contributed by atoms with Crippen molar-refractivity contribution >= 4 is 97.2 Å². The Morgan fingerprint density at radius 1 is 0.737 bits per heavy atom. The van der Waals surface area contributed by atoms with Gasteiger partial charge in [-0.3, -0.25) is 10.2 Å². The maximum atomic E-state index is 11.3. The van der Waals surface area contributed by atoms with Crippen LogP contribution in [0.2, 0.25) is 30.1 Å². The number of alkyl halides is 1. The summed E-state index contributed by atoms with van der Waals surface area (Å²) in [6.07, 6.45) is 3.23. The first-order chi connectivity index (χ1) is 27.0. The third-order valence-corrected chi connectivity index (χ3v) is 10.4. The normalized spacial score (nSPS) is 10.1. The number of halogens is 7. The second-order valence-corrected chi connectivity index (χ2v) is 15.9. The largest absolute Gasteiger partial charge is 0.387 e. The van der Waals surface area contributed by atoms with Gasteiger partial charge in [-0.15, -0.1) is 0 Å². The molecule has 6 rings (SSSR count). The first-order valence-electron chi connectivity index (χ1n) is 17.3. The highest BCUT2D eigenvalue weighted by atomic mass is 79.9. The van der Waals surface area contributed by atoms with E-state index in [9.17, 15) is 4.79 Å². The van der Waals surface area contributed by atoms with Crippen LogP contribution in [-0.2, 0) is 19.3 Å². The number of ketones is 1. The lowest BCUT2D eigenvalue weighted by molar-refractivity contribution is 0.102. The topological polar surface area (TPSA) is 119 Å². The van der Waals surface area contributed by atoms with Gasteiger partial charge in [-0.1, -0.05) is 151 Å². The van der Waals surface area contributed by atoms with Gasteiger partial charge in [0.25, 0.3) is 0 Å². The Bertz CT molecular complexity index is 2370. The number of H-pyrrole nitrogens is 1. The monoisotopic (exact) mass is 943 g/mol. The molecule has 1 heterocycles. The summed E-state index contributed by atoms with van der Waals surface area (Å²) >= 11 is 38.2. The first-order valence-corrected chi connectivity index (χ1v) is 20.7. The zero-order valence-corrected chi connectivity index (χ0v) is 37.7. The molecule has 6 aromatic rings. The highest BCUT2D eigenvalue weighted by Gasteiger charge is 2.10. The van der Waals surface area contributed by atoms with Crippen LogP contribution >= 0.6 is 85.5 Å². The molecule has 0 spiro atoms. The number of Topliss-reactive ketones (excluding diaryl/α,β-unsaturated/α-hetero) is 1. The Hall–Kier alpha value is -3.84. The molecule has 0 aliphatic heterocycles. The number of nitrogens with one attached hydrogen (secondary N) is 2. The summed E-state index contributed by atoms with van der Waals surface area (Å²) in [6.45, 7) is 8.19. The van der Waals surface area contributed by atoms with Crippen molar-refractivity contribution in [3.8, 4) is 17.3 Å². The highest BCUT2D eigenvalue weighted by molar-refractivity contribution is 9.09. The maximum absolute atomic E-state index is 11.3. The van der Waals surface area contributed by atoms with Gasteiger partial charge in [-0.05, 0) is 91.9 Å². The molecule has 5 aromatic carbocycles. The van der Waals surface area contributed by atoms with Crippen molar-refractivity contribution in [1.29, 1.82) is 10.7 Å². The predicted octanol–water partition coefficient (Wildman–Crippen LogP) is 14.0. The minimum absolute atomic E-state index is 0.0965. The molecule has 13 heteroatoms. The van der Waals surface area contributed by atoms with E-state index in [0.29, 0.717) is 54.7 Å². The molecule has 0 unspecified atom stereocenters. The van der Waals surface area contributed by atoms with E-state index in [4.69, 9.17) is 86.0 Å². The molecule has 0 atom stereocenters. The van der Waals surface area contributed by atoms with Crippen molar-refractivity contribution in [2.75, 3.05) is 5.33 Å². The predicted molar refractivity (Wildman–Crippen MR) is 245 cm³/mol. The second-order valence-electron chi connectivity index (χ2n) is 12.9. The first kappa shape index (κ1) is 47.5. The number of rotatable bonds is 8. The number of aryl methyl sites for hydroxylation is 4. The number of aromatic nitrogens is 2. The van der Waals surface area contributed by atoms with E-state index in [-0.39, 0.29) is 11.6 Å². The molecule has 0 fully saturated rings. The third kappa shape index (κ3) is 15.8. The van der Waals surface area contributed by atoms with E-state index < -0.39 is 0 Å². The lowest BCUT2D eigenvalue weighted by atomic mass is 10.0. The third-order valence-electron chi connectivity index (χ3n) is 8.16. The van der Waals surface area contributed by atoms with Crippen LogP contribution in [0.5, 0.6) is 0 Å². The zero-order valence-electron chi connectivity index (χ0n) is 31.6. The number of nitriles is 1. The SMILES string of the molecule is Cc1ccc(-c2cnc(Cc3ccc(Cl)cc3Cl)[nH]2)c(C)c1.Cc1ccc(C(=O)CBr)c(C)c1.N#CCc1ccc(Cl)cc1Cl.N=C(N)Cc1ccc(Cl)cc1Cl. The molecule has 0 aliphatic rings. The van der Waals surface area contributed by atoms with Crippen LogP contribution in [0, 0.1) is 44.4 Å². The van der Waals surface area contributed by atoms with Gasteiger partial charge in [0, 0.05) is 54.1 Å². The van der Waals surface area contributed by atoms with E-state index in [1.165, 1.54) is 22.3 Å². The number of hydrogen-bond donors (Lipinski definition) is 3. The van der Waals surface area contributed by atoms with Gasteiger partial charge in [0.05, 0.1) is 35.5 Å². The minimum Gasteiger partial charge on any atom is -0.387 e. The molecular formula is C44H40BrCl6N5O. The fraction of sp³-hybridized carbons (Fsp3) is 0.182. The molecule has 0 amide bonds. The van der Waals surface area contributed by atoms with E-state index in [2.05, 4.69) is 57.9 Å². The average molecular weight is 947 g/mol. The molecule has 0 radical (unpaired) electrons. The van der Waals surface area contributed by atoms with Crippen LogP contribution in [-0.4, -0.2) is 26.9 Å². The van der Waals surface area contributed by atoms with Crippen LogP contribution in [0.1, 0.15) is 55.1 Å². The van der Waals surface area contributed by atoms with Crippen molar-refractivity contribution in [3.05, 3.63) is 178 Å². The Morgan fingerprint density at radius 2 is 1.25 bits per heavy atom. The van der Waals surface area contributed by atoms with Crippen molar-refractivity contribution in [3.63, 3.8) is 0 Å². The van der Waals surface area contributed by atoms with E-state index in [1.807, 2.05) is 56.4 Å². The van der Waals surface area contributed by atoms with Crippen LogP contribution in [0.15, 0.2) is 97.2 Å². The van der Waals surface area contributed by atoms with Gasteiger partial charge in [-0.25, -0.2) is 4.98 Å². The van der Waals surface area contributed by atoms with Crippen LogP contribution < -0.4 is 5.73 Å². The molecule has 0 saturated carbocycles. The van der Waals surface area contributed by atoms with Gasteiger partial charge in [0.1, 0.15) is 5.82 Å². The van der Waals surface area contributed by atoms with E-state index >= 15 is 0 Å². The average Bonchev–Trinajstić information content (AvgIpc) is 3.60. The molecule has 57 heavy (non-hydrogen) atoms. The Morgan fingerprint density at radius 3 is 1.72 bits per heavy atom. The Balaban J connectivity index is 0.000000215. The number of carbonyl (C=O) groups excluding carboxylic acids is 1. The lowest BCUT2D eigenvalue weighted by Gasteiger charge is -2.05. The Labute approximate surface area is 372 Å². The number of imidazole rings is 1. The molecule has 296 valence electrons. The smallest absolute Gasteiger partial charge is 0.173 e. The number of aromatic amines is 1. The fourth-order valence-corrected chi connectivity index (χ4v) is 7.10. The molecule has 0 saturated heterocycles. The summed E-state index contributed by atoms with van der Waals surface area (Å²) in [6, 6.07) is 30.1. The summed E-state index contributed by atoms with van der Waals surface area (Å²) in [4.78, 5) is 19.1.